The van der Waals surface area contributed by atoms with Gasteiger partial charge in [0.1, 0.15) is 23.9 Å². The molecule has 0 spiro atoms. The number of Topliss-reactive ketones (excluding diaryl/α,β-unsaturated/α-hetero) is 1. The molecule has 3 aromatic carbocycles. The van der Waals surface area contributed by atoms with Crippen molar-refractivity contribution >= 4 is 5.78 Å². The largest absolute Gasteiger partial charge is 0.573 e. The van der Waals surface area contributed by atoms with E-state index in [2.05, 4.69) is 21.8 Å². The molecule has 196 valence electrons. The third-order valence-electron chi connectivity index (χ3n) is 6.49. The lowest BCUT2D eigenvalue weighted by atomic mass is 9.91. The van der Waals surface area contributed by atoms with E-state index in [-0.39, 0.29) is 23.9 Å². The molecule has 3 aromatic rings. The molecule has 1 heterocycles. The Balaban J connectivity index is 1.33. The van der Waals surface area contributed by atoms with E-state index in [1.165, 1.54) is 37.1 Å². The average Bonchev–Trinajstić information content (AvgIpc) is 3.37. The highest BCUT2D eigenvalue weighted by atomic mass is 19.4. The third kappa shape index (κ3) is 9.25. The summed E-state index contributed by atoms with van der Waals surface area (Å²) in [5, 5.41) is 0. The number of alkyl halides is 3. The van der Waals surface area contributed by atoms with Crippen molar-refractivity contribution in [2.75, 3.05) is 19.6 Å². The topological polar surface area (TPSA) is 38.8 Å². The number of ether oxygens (including phenoxy) is 2. The van der Waals surface area contributed by atoms with Crippen LogP contribution in [0, 0.1) is 5.92 Å². The summed E-state index contributed by atoms with van der Waals surface area (Å²) < 4.78 is 47.0. The smallest absolute Gasteiger partial charge is 0.489 e. The van der Waals surface area contributed by atoms with Gasteiger partial charge in [0.25, 0.3) is 0 Å². The summed E-state index contributed by atoms with van der Waals surface area (Å²) in [6.45, 7) is 3.47. The standard InChI is InChI=1S/C30H32F3NO3/c31-30(32,33)37-29-14-10-24(11-15-29)19-27(35)20-26(21-34-16-4-5-17-34)18-23-8-12-28(13-9-23)36-22-25-6-2-1-3-7-25/h1-3,6-15,26H,4-5,16-22H2. The van der Waals surface area contributed by atoms with Crippen molar-refractivity contribution < 1.29 is 27.4 Å². The maximum absolute atomic E-state index is 12.9. The van der Waals surface area contributed by atoms with E-state index in [0.717, 1.165) is 42.9 Å². The number of nitrogens with zero attached hydrogens (tertiary/aromatic N) is 1. The average molecular weight is 512 g/mol. The Hall–Kier alpha value is -3.32. The van der Waals surface area contributed by atoms with E-state index in [9.17, 15) is 18.0 Å². The molecule has 0 radical (unpaired) electrons. The van der Waals surface area contributed by atoms with Gasteiger partial charge in [-0.1, -0.05) is 54.6 Å². The van der Waals surface area contributed by atoms with Gasteiger partial charge >= 0.3 is 6.36 Å². The summed E-state index contributed by atoms with van der Waals surface area (Å²) >= 11 is 0. The van der Waals surface area contributed by atoms with Crippen LogP contribution < -0.4 is 9.47 Å². The molecule has 0 bridgehead atoms. The van der Waals surface area contributed by atoms with Gasteiger partial charge in [0.2, 0.25) is 0 Å². The van der Waals surface area contributed by atoms with Crippen LogP contribution in [0.4, 0.5) is 13.2 Å². The first-order chi connectivity index (χ1) is 17.8. The quantitative estimate of drug-likeness (QED) is 0.274. The summed E-state index contributed by atoms with van der Waals surface area (Å²) in [6, 6.07) is 23.6. The van der Waals surface area contributed by atoms with Gasteiger partial charge in [0.05, 0.1) is 0 Å². The highest BCUT2D eigenvalue weighted by molar-refractivity contribution is 5.81. The van der Waals surface area contributed by atoms with Crippen LogP contribution >= 0.6 is 0 Å². The molecule has 1 saturated heterocycles. The molecular formula is C30H32F3NO3. The molecule has 1 aliphatic rings. The monoisotopic (exact) mass is 511 g/mol. The van der Waals surface area contributed by atoms with Gasteiger partial charge in [0.15, 0.2) is 0 Å². The second kappa shape index (κ2) is 12.8. The van der Waals surface area contributed by atoms with E-state index in [1.54, 1.807) is 0 Å². The Morgan fingerprint density at radius 1 is 0.811 bits per heavy atom. The van der Waals surface area contributed by atoms with Gasteiger partial charge in [-0.25, -0.2) is 0 Å². The van der Waals surface area contributed by atoms with E-state index >= 15 is 0 Å². The molecule has 7 heteroatoms. The Labute approximate surface area is 216 Å². The van der Waals surface area contributed by atoms with Crippen LogP contribution in [0.3, 0.4) is 0 Å². The number of likely N-dealkylation sites (tertiary alicyclic amines) is 1. The van der Waals surface area contributed by atoms with Crippen LogP contribution in [0.2, 0.25) is 0 Å². The molecule has 1 fully saturated rings. The number of carbonyl (C=O) groups is 1. The molecular weight excluding hydrogens is 479 g/mol. The molecule has 37 heavy (non-hydrogen) atoms. The maximum atomic E-state index is 12.9. The molecule has 0 saturated carbocycles. The summed E-state index contributed by atoms with van der Waals surface area (Å²) in [5.74, 6) is 0.760. The zero-order valence-electron chi connectivity index (χ0n) is 20.8. The van der Waals surface area contributed by atoms with Gasteiger partial charge in [-0.3, -0.25) is 4.79 Å². The van der Waals surface area contributed by atoms with Crippen molar-refractivity contribution in [1.29, 1.82) is 0 Å². The molecule has 1 atom stereocenters. The predicted molar refractivity (Wildman–Crippen MR) is 137 cm³/mol. The number of ketones is 1. The van der Waals surface area contributed by atoms with Gasteiger partial charge in [0, 0.05) is 19.4 Å². The van der Waals surface area contributed by atoms with E-state index in [4.69, 9.17) is 4.74 Å². The lowest BCUT2D eigenvalue weighted by Crippen LogP contribution is -2.29. The minimum absolute atomic E-state index is 0.0801. The number of carbonyl (C=O) groups excluding carboxylic acids is 1. The second-order valence-electron chi connectivity index (χ2n) is 9.61. The van der Waals surface area contributed by atoms with Gasteiger partial charge in [-0.05, 0) is 79.2 Å². The van der Waals surface area contributed by atoms with Crippen LogP contribution in [-0.2, 0) is 24.2 Å². The van der Waals surface area contributed by atoms with Gasteiger partial charge in [-0.15, -0.1) is 13.2 Å². The summed E-state index contributed by atoms with van der Waals surface area (Å²) in [7, 11) is 0. The van der Waals surface area contributed by atoms with Crippen molar-refractivity contribution in [2.24, 2.45) is 5.92 Å². The van der Waals surface area contributed by atoms with Crippen molar-refractivity contribution in [2.45, 2.75) is 45.1 Å². The fourth-order valence-electron chi connectivity index (χ4n) is 4.76. The molecule has 0 aromatic heterocycles. The molecule has 0 N–H and O–H groups in total. The van der Waals surface area contributed by atoms with Crippen LogP contribution in [0.5, 0.6) is 11.5 Å². The van der Waals surface area contributed by atoms with Crippen molar-refractivity contribution in [1.82, 2.24) is 4.90 Å². The summed E-state index contributed by atoms with van der Waals surface area (Å²) in [6.07, 6.45) is -0.981. The predicted octanol–water partition coefficient (Wildman–Crippen LogP) is 6.62. The Morgan fingerprint density at radius 2 is 1.43 bits per heavy atom. The first kappa shape index (κ1) is 26.7. The van der Waals surface area contributed by atoms with Crippen molar-refractivity contribution in [3.8, 4) is 11.5 Å². The van der Waals surface area contributed by atoms with Crippen molar-refractivity contribution in [3.05, 3.63) is 95.6 Å². The zero-order chi connectivity index (χ0) is 26.1. The summed E-state index contributed by atoms with van der Waals surface area (Å²) in [5.41, 5.74) is 2.94. The minimum atomic E-state index is -4.73. The van der Waals surface area contributed by atoms with Gasteiger partial charge < -0.3 is 14.4 Å². The first-order valence-electron chi connectivity index (χ1n) is 12.7. The fourth-order valence-corrected chi connectivity index (χ4v) is 4.76. The number of rotatable bonds is 12. The second-order valence-corrected chi connectivity index (χ2v) is 9.61. The van der Waals surface area contributed by atoms with Crippen LogP contribution in [-0.4, -0.2) is 36.7 Å². The van der Waals surface area contributed by atoms with Gasteiger partial charge in [-0.2, -0.15) is 0 Å². The maximum Gasteiger partial charge on any atom is 0.573 e. The molecule has 1 aliphatic heterocycles. The molecule has 4 nitrogen and oxygen atoms in total. The SMILES string of the molecule is O=C(Cc1ccc(OC(F)(F)F)cc1)CC(Cc1ccc(OCc2ccccc2)cc1)CN1CCCC1. The first-order valence-corrected chi connectivity index (χ1v) is 12.7. The Morgan fingerprint density at radius 3 is 2.08 bits per heavy atom. The zero-order valence-corrected chi connectivity index (χ0v) is 20.8. The fraction of sp³-hybridized carbons (Fsp3) is 0.367. The van der Waals surface area contributed by atoms with E-state index < -0.39 is 6.36 Å². The number of hydrogen-bond acceptors (Lipinski definition) is 4. The Kier molecular flexibility index (Phi) is 9.23. The molecule has 0 amide bonds. The van der Waals surface area contributed by atoms with E-state index in [0.29, 0.717) is 18.6 Å². The number of hydrogen-bond donors (Lipinski definition) is 0. The lowest BCUT2D eigenvalue weighted by molar-refractivity contribution is -0.274. The minimum Gasteiger partial charge on any atom is -0.489 e. The van der Waals surface area contributed by atoms with Crippen LogP contribution in [0.15, 0.2) is 78.9 Å². The van der Waals surface area contributed by atoms with E-state index in [1.807, 2.05) is 42.5 Å². The highest BCUT2D eigenvalue weighted by Gasteiger charge is 2.31. The lowest BCUT2D eigenvalue weighted by Gasteiger charge is -2.23. The number of benzene rings is 3. The molecule has 1 unspecified atom stereocenters. The normalized spacial score (nSPS) is 14.9. The molecule has 0 aliphatic carbocycles. The summed E-state index contributed by atoms with van der Waals surface area (Å²) in [4.78, 5) is 15.3. The molecule has 4 rings (SSSR count). The third-order valence-corrected chi connectivity index (χ3v) is 6.49. The van der Waals surface area contributed by atoms with Crippen molar-refractivity contribution in [3.63, 3.8) is 0 Å². The number of halogens is 3. The van der Waals surface area contributed by atoms with Crippen LogP contribution in [0.25, 0.3) is 0 Å². The highest BCUT2D eigenvalue weighted by Crippen LogP contribution is 2.24. The van der Waals surface area contributed by atoms with Crippen LogP contribution in [0.1, 0.15) is 36.0 Å². The Bertz CT molecular complexity index is 1110.